The first-order valence-electron chi connectivity index (χ1n) is 6.98. The van der Waals surface area contributed by atoms with Crippen LogP contribution in [0.3, 0.4) is 0 Å². The van der Waals surface area contributed by atoms with Gasteiger partial charge < -0.3 is 19.9 Å². The van der Waals surface area contributed by atoms with Crippen LogP contribution in [-0.2, 0) is 9.59 Å². The molecule has 0 fully saturated rings. The number of anilines is 1. The maximum atomic E-state index is 14.0. The van der Waals surface area contributed by atoms with Gasteiger partial charge in [-0.3, -0.25) is 14.5 Å². The van der Waals surface area contributed by atoms with Crippen LogP contribution in [0.15, 0.2) is 23.9 Å². The Kier molecular flexibility index (Phi) is 4.02. The molecular formula is C14H9F5N2O5. The lowest BCUT2D eigenvalue weighted by atomic mass is 10.2. The van der Waals surface area contributed by atoms with E-state index in [-0.39, 0.29) is 6.54 Å². The Morgan fingerprint density at radius 1 is 1.08 bits per heavy atom. The second-order valence-electron chi connectivity index (χ2n) is 5.22. The summed E-state index contributed by atoms with van der Waals surface area (Å²) in [5, 5.41) is 11.0. The Morgan fingerprint density at radius 2 is 1.65 bits per heavy atom. The molecule has 0 saturated carbocycles. The number of carbonyl (C=O) groups is 2. The molecule has 0 radical (unpaired) electrons. The Balaban J connectivity index is 1.89. The van der Waals surface area contributed by atoms with E-state index in [1.165, 1.54) is 0 Å². The third-order valence-electron chi connectivity index (χ3n) is 3.45. The quantitative estimate of drug-likeness (QED) is 0.607. The monoisotopic (exact) mass is 380 g/mol. The summed E-state index contributed by atoms with van der Waals surface area (Å²) in [4.78, 5) is 24.2. The highest BCUT2D eigenvalue weighted by atomic mass is 19.3. The summed E-state index contributed by atoms with van der Waals surface area (Å²) in [5.74, 6) is -4.76. The number of rotatable bonds is 4. The number of ether oxygens (including phenoxy) is 2. The Labute approximate surface area is 141 Å². The van der Waals surface area contributed by atoms with Crippen molar-refractivity contribution in [3.05, 3.63) is 29.7 Å². The van der Waals surface area contributed by atoms with E-state index in [0.29, 0.717) is 17.0 Å². The van der Waals surface area contributed by atoms with Gasteiger partial charge in [-0.2, -0.15) is 17.6 Å². The summed E-state index contributed by atoms with van der Waals surface area (Å²) in [6, 6.07) is 0.954. The molecule has 140 valence electrons. The zero-order valence-corrected chi connectivity index (χ0v) is 12.6. The van der Waals surface area contributed by atoms with Gasteiger partial charge >= 0.3 is 12.2 Å². The Hall–Kier alpha value is -2.89. The number of fused-ring (bicyclic) bond motifs is 1. The molecule has 12 heteroatoms. The van der Waals surface area contributed by atoms with Crippen LogP contribution in [0.4, 0.5) is 27.6 Å². The number of nitrogens with zero attached hydrogens (tertiary/aromatic N) is 1. The van der Waals surface area contributed by atoms with E-state index >= 15 is 0 Å². The Bertz CT molecular complexity index is 826. The molecule has 2 aliphatic heterocycles. The fraction of sp³-hybridized carbons (Fsp3) is 0.286. The molecule has 0 atom stereocenters. The molecule has 0 spiro atoms. The highest BCUT2D eigenvalue weighted by Crippen LogP contribution is 2.48. The van der Waals surface area contributed by atoms with Crippen molar-refractivity contribution < 1.29 is 46.1 Å². The van der Waals surface area contributed by atoms with Gasteiger partial charge in [-0.1, -0.05) is 0 Å². The smallest absolute Gasteiger partial charge is 0.421 e. The van der Waals surface area contributed by atoms with Crippen molar-refractivity contribution in [2.45, 2.75) is 12.2 Å². The van der Waals surface area contributed by atoms with Crippen molar-refractivity contribution in [3.63, 3.8) is 0 Å². The number of alkyl halides is 4. The minimum Gasteiger partial charge on any atom is -0.421 e. The van der Waals surface area contributed by atoms with Gasteiger partial charge in [0.2, 0.25) is 0 Å². The summed E-state index contributed by atoms with van der Waals surface area (Å²) in [6.07, 6.45) is -9.19. The number of nitrogens with one attached hydrogen (secondary N) is 1. The summed E-state index contributed by atoms with van der Waals surface area (Å²) < 4.78 is 74.2. The van der Waals surface area contributed by atoms with E-state index in [4.69, 9.17) is 5.11 Å². The van der Waals surface area contributed by atoms with Gasteiger partial charge in [0.1, 0.15) is 5.70 Å². The third kappa shape index (κ3) is 2.81. The van der Waals surface area contributed by atoms with Gasteiger partial charge in [-0.25, -0.2) is 4.39 Å². The minimum absolute atomic E-state index is 0.301. The van der Waals surface area contributed by atoms with E-state index in [0.717, 1.165) is 6.08 Å². The summed E-state index contributed by atoms with van der Waals surface area (Å²) in [7, 11) is 0. The number of amides is 2. The van der Waals surface area contributed by atoms with Crippen LogP contribution in [0.1, 0.15) is 0 Å². The number of β-amino-alcohol motifs (C(OH)–C–C–N with tert-alkyl or cyclic N) is 1. The van der Waals surface area contributed by atoms with Crippen LogP contribution in [0.25, 0.3) is 0 Å². The van der Waals surface area contributed by atoms with E-state index in [1.807, 2.05) is 0 Å². The maximum absolute atomic E-state index is 14.0. The molecule has 3 rings (SSSR count). The second-order valence-corrected chi connectivity index (χ2v) is 5.22. The predicted octanol–water partition coefficient (Wildman–Crippen LogP) is 1.44. The molecule has 7 nitrogen and oxygen atoms in total. The van der Waals surface area contributed by atoms with E-state index < -0.39 is 59.3 Å². The van der Waals surface area contributed by atoms with E-state index in [9.17, 15) is 31.5 Å². The SMILES string of the molecule is O=C1C=C(Nc2cc3c(cc2F)OC(F)(F)C(F)(F)O3)C(=O)N1CCO. The molecule has 0 bridgehead atoms. The second kappa shape index (κ2) is 5.83. The summed E-state index contributed by atoms with van der Waals surface area (Å²) in [5.41, 5.74) is -0.997. The van der Waals surface area contributed by atoms with Crippen LogP contribution in [0.2, 0.25) is 0 Å². The topological polar surface area (TPSA) is 88.1 Å². The number of aliphatic hydroxyl groups excluding tert-OH is 1. The van der Waals surface area contributed by atoms with Gasteiger partial charge in [0.05, 0.1) is 18.8 Å². The molecule has 26 heavy (non-hydrogen) atoms. The van der Waals surface area contributed by atoms with Crippen LogP contribution in [0, 0.1) is 5.82 Å². The normalized spacial score (nSPS) is 20.2. The maximum Gasteiger partial charge on any atom is 0.507 e. The fourth-order valence-corrected chi connectivity index (χ4v) is 2.24. The molecule has 0 saturated heterocycles. The highest BCUT2D eigenvalue weighted by Gasteiger charge is 2.66. The van der Waals surface area contributed by atoms with E-state index in [1.54, 1.807) is 0 Å². The average Bonchev–Trinajstić information content (AvgIpc) is 2.78. The Morgan fingerprint density at radius 3 is 2.23 bits per heavy atom. The van der Waals surface area contributed by atoms with Gasteiger partial charge in [0, 0.05) is 18.2 Å². The van der Waals surface area contributed by atoms with Gasteiger partial charge in [0.25, 0.3) is 11.8 Å². The lowest BCUT2D eigenvalue weighted by Crippen LogP contribution is -2.52. The number of benzene rings is 1. The molecular weight excluding hydrogens is 371 g/mol. The summed E-state index contributed by atoms with van der Waals surface area (Å²) >= 11 is 0. The first-order chi connectivity index (χ1) is 12.1. The molecule has 1 aromatic carbocycles. The molecule has 0 aromatic heterocycles. The third-order valence-corrected chi connectivity index (χ3v) is 3.45. The van der Waals surface area contributed by atoms with Gasteiger partial charge in [0.15, 0.2) is 17.3 Å². The number of hydrogen-bond donors (Lipinski definition) is 2. The molecule has 2 amide bonds. The van der Waals surface area contributed by atoms with Crippen molar-refractivity contribution >= 4 is 17.5 Å². The number of halogens is 5. The first-order valence-corrected chi connectivity index (χ1v) is 6.98. The zero-order chi connectivity index (χ0) is 19.3. The standard InChI is InChI=1S/C14H9F5N2O5/c15-6-3-9-10(26-14(18,19)13(16,17)25-9)4-7(6)20-8-5-11(23)21(1-2-22)12(8)24/h3-5,20,22H,1-2H2. The van der Waals surface area contributed by atoms with Crippen molar-refractivity contribution in [3.8, 4) is 11.5 Å². The van der Waals surface area contributed by atoms with Crippen molar-refractivity contribution in [1.29, 1.82) is 0 Å². The zero-order valence-electron chi connectivity index (χ0n) is 12.6. The van der Waals surface area contributed by atoms with Crippen LogP contribution < -0.4 is 14.8 Å². The minimum atomic E-state index is -5.00. The van der Waals surface area contributed by atoms with Crippen LogP contribution in [0.5, 0.6) is 11.5 Å². The molecule has 2 heterocycles. The van der Waals surface area contributed by atoms with Gasteiger partial charge in [-0.15, -0.1) is 0 Å². The number of aliphatic hydroxyl groups is 1. The molecule has 2 aliphatic rings. The van der Waals surface area contributed by atoms with Crippen molar-refractivity contribution in [2.75, 3.05) is 18.5 Å². The highest BCUT2D eigenvalue weighted by molar-refractivity contribution is 6.17. The predicted molar refractivity (Wildman–Crippen MR) is 73.1 cm³/mol. The lowest BCUT2D eigenvalue weighted by Gasteiger charge is -2.32. The average molecular weight is 380 g/mol. The number of carbonyl (C=O) groups excluding carboxylic acids is 2. The van der Waals surface area contributed by atoms with Crippen LogP contribution >= 0.6 is 0 Å². The first kappa shape index (κ1) is 17.9. The lowest BCUT2D eigenvalue weighted by molar-refractivity contribution is -0.391. The molecule has 1 aromatic rings. The molecule has 0 unspecified atom stereocenters. The summed E-state index contributed by atoms with van der Waals surface area (Å²) in [6.45, 7) is -0.801. The van der Waals surface area contributed by atoms with Crippen molar-refractivity contribution in [1.82, 2.24) is 4.90 Å². The number of imide groups is 1. The fourth-order valence-electron chi connectivity index (χ4n) is 2.24. The molecule has 2 N–H and O–H groups in total. The van der Waals surface area contributed by atoms with E-state index in [2.05, 4.69) is 14.8 Å². The number of hydrogen-bond acceptors (Lipinski definition) is 6. The van der Waals surface area contributed by atoms with Crippen LogP contribution in [-0.4, -0.2) is 47.2 Å². The molecule has 0 aliphatic carbocycles. The largest absolute Gasteiger partial charge is 0.507 e. The van der Waals surface area contributed by atoms with Gasteiger partial charge in [-0.05, 0) is 0 Å². The van der Waals surface area contributed by atoms with Crippen molar-refractivity contribution in [2.24, 2.45) is 0 Å².